The van der Waals surface area contributed by atoms with Gasteiger partial charge in [-0.1, -0.05) is 30.3 Å². The Morgan fingerprint density at radius 3 is 2.90 bits per heavy atom. The molecule has 2 fully saturated rings. The zero-order valence-electron chi connectivity index (χ0n) is 11.5. The molecule has 20 heavy (non-hydrogen) atoms. The summed E-state index contributed by atoms with van der Waals surface area (Å²) in [5, 5.41) is 3.50. The summed E-state index contributed by atoms with van der Waals surface area (Å²) < 4.78 is 5.38. The van der Waals surface area contributed by atoms with Gasteiger partial charge in [0, 0.05) is 19.1 Å². The zero-order valence-corrected chi connectivity index (χ0v) is 12.3. The van der Waals surface area contributed by atoms with Crippen LogP contribution in [0.5, 0.6) is 0 Å². The monoisotopic (exact) mass is 296 g/mol. The lowest BCUT2D eigenvalue weighted by Crippen LogP contribution is -2.47. The minimum absolute atomic E-state index is 0. The van der Waals surface area contributed by atoms with E-state index in [0.717, 1.165) is 31.6 Å². The minimum atomic E-state index is -0.172. The van der Waals surface area contributed by atoms with Crippen LogP contribution in [0.2, 0.25) is 0 Å². The second kappa shape index (κ2) is 6.95. The van der Waals surface area contributed by atoms with Gasteiger partial charge in [0.1, 0.15) is 6.61 Å². The Bertz CT molecular complexity index is 441. The number of halogens is 1. The van der Waals surface area contributed by atoms with Gasteiger partial charge in [0.25, 0.3) is 0 Å². The van der Waals surface area contributed by atoms with E-state index in [1.54, 1.807) is 0 Å². The number of amides is 1. The quantitative estimate of drug-likeness (QED) is 0.911. The summed E-state index contributed by atoms with van der Waals surface area (Å²) in [7, 11) is 0. The number of piperidine rings is 1. The predicted octanol–water partition coefficient (Wildman–Crippen LogP) is 2.43. The number of rotatable bonds is 2. The molecular weight excluding hydrogens is 276 g/mol. The fourth-order valence-electron chi connectivity index (χ4n) is 3.02. The van der Waals surface area contributed by atoms with Crippen LogP contribution >= 0.6 is 12.4 Å². The number of likely N-dealkylation sites (tertiary alicyclic amines) is 1. The van der Waals surface area contributed by atoms with Crippen molar-refractivity contribution in [3.05, 3.63) is 35.9 Å². The molecule has 2 atom stereocenters. The molecule has 5 heteroatoms. The first kappa shape index (κ1) is 15.1. The maximum absolute atomic E-state index is 12.0. The SMILES string of the molecule is Cl.O=C(OCc1ccccc1)N1CCC2NCCC2C1. The molecule has 1 N–H and O–H groups in total. The second-order valence-corrected chi connectivity index (χ2v) is 5.38. The highest BCUT2D eigenvalue weighted by atomic mass is 35.5. The van der Waals surface area contributed by atoms with E-state index in [-0.39, 0.29) is 18.5 Å². The Balaban J connectivity index is 0.00000147. The van der Waals surface area contributed by atoms with Crippen molar-refractivity contribution < 1.29 is 9.53 Å². The first-order valence-electron chi connectivity index (χ1n) is 7.02. The summed E-state index contributed by atoms with van der Waals surface area (Å²) in [5.41, 5.74) is 1.04. The molecule has 110 valence electrons. The first-order chi connectivity index (χ1) is 9.33. The molecule has 2 heterocycles. The van der Waals surface area contributed by atoms with Crippen LogP contribution in [0.25, 0.3) is 0 Å². The van der Waals surface area contributed by atoms with E-state index < -0.39 is 0 Å². The molecule has 0 saturated carbocycles. The maximum atomic E-state index is 12.0. The largest absolute Gasteiger partial charge is 0.445 e. The number of benzene rings is 1. The summed E-state index contributed by atoms with van der Waals surface area (Å²) in [5.74, 6) is 0.609. The maximum Gasteiger partial charge on any atom is 0.410 e. The van der Waals surface area contributed by atoms with Crippen molar-refractivity contribution in [1.29, 1.82) is 0 Å². The standard InChI is InChI=1S/C15H20N2O2.ClH/c18-15(19-11-12-4-2-1-3-5-12)17-9-7-14-13(10-17)6-8-16-14;/h1-5,13-14,16H,6-11H2;1H. The third-order valence-corrected chi connectivity index (χ3v) is 4.12. The Labute approximate surface area is 125 Å². The molecule has 1 aromatic rings. The average Bonchev–Trinajstić information content (AvgIpc) is 2.93. The van der Waals surface area contributed by atoms with Gasteiger partial charge in [-0.3, -0.25) is 0 Å². The number of carbonyl (C=O) groups is 1. The van der Waals surface area contributed by atoms with Crippen LogP contribution in [0.3, 0.4) is 0 Å². The Kier molecular flexibility index (Phi) is 5.26. The van der Waals surface area contributed by atoms with E-state index in [1.807, 2.05) is 35.2 Å². The van der Waals surface area contributed by atoms with Crippen LogP contribution in [0, 0.1) is 5.92 Å². The summed E-state index contributed by atoms with van der Waals surface area (Å²) in [6, 6.07) is 10.4. The van der Waals surface area contributed by atoms with Crippen molar-refractivity contribution in [2.45, 2.75) is 25.5 Å². The van der Waals surface area contributed by atoms with Crippen LogP contribution in [0.15, 0.2) is 30.3 Å². The number of nitrogens with one attached hydrogen (secondary N) is 1. The molecule has 2 aliphatic rings. The lowest BCUT2D eigenvalue weighted by molar-refractivity contribution is 0.0768. The first-order valence-corrected chi connectivity index (χ1v) is 7.02. The number of nitrogens with zero attached hydrogens (tertiary/aromatic N) is 1. The normalized spacial score (nSPS) is 24.7. The number of hydrogen-bond acceptors (Lipinski definition) is 3. The topological polar surface area (TPSA) is 41.6 Å². The van der Waals surface area contributed by atoms with Crippen molar-refractivity contribution in [2.24, 2.45) is 5.92 Å². The van der Waals surface area contributed by atoms with Crippen LogP contribution in [-0.4, -0.2) is 36.7 Å². The van der Waals surface area contributed by atoms with Gasteiger partial charge in [-0.2, -0.15) is 0 Å². The summed E-state index contributed by atoms with van der Waals surface area (Å²) >= 11 is 0. The Morgan fingerprint density at radius 1 is 1.30 bits per heavy atom. The van der Waals surface area contributed by atoms with Crippen molar-refractivity contribution in [1.82, 2.24) is 10.2 Å². The van der Waals surface area contributed by atoms with Gasteiger partial charge in [-0.05, 0) is 30.9 Å². The van der Waals surface area contributed by atoms with Crippen molar-refractivity contribution in [3.8, 4) is 0 Å². The number of fused-ring (bicyclic) bond motifs is 1. The van der Waals surface area contributed by atoms with E-state index in [0.29, 0.717) is 18.6 Å². The van der Waals surface area contributed by atoms with E-state index in [9.17, 15) is 4.79 Å². The summed E-state index contributed by atoms with van der Waals surface area (Å²) in [6.07, 6.45) is 2.05. The van der Waals surface area contributed by atoms with Gasteiger partial charge in [0.2, 0.25) is 0 Å². The molecule has 0 aliphatic carbocycles. The zero-order chi connectivity index (χ0) is 13.1. The molecule has 2 saturated heterocycles. The van der Waals surface area contributed by atoms with Gasteiger partial charge in [-0.25, -0.2) is 4.79 Å². The molecule has 3 rings (SSSR count). The van der Waals surface area contributed by atoms with Crippen molar-refractivity contribution >= 4 is 18.5 Å². The molecule has 4 nitrogen and oxygen atoms in total. The highest BCUT2D eigenvalue weighted by Crippen LogP contribution is 2.24. The fourth-order valence-corrected chi connectivity index (χ4v) is 3.02. The van der Waals surface area contributed by atoms with Gasteiger partial charge >= 0.3 is 6.09 Å². The predicted molar refractivity (Wildman–Crippen MR) is 80.0 cm³/mol. The smallest absolute Gasteiger partial charge is 0.410 e. The van der Waals surface area contributed by atoms with Crippen LogP contribution in [0.1, 0.15) is 18.4 Å². The summed E-state index contributed by atoms with van der Waals surface area (Å²) in [4.78, 5) is 13.9. The van der Waals surface area contributed by atoms with Gasteiger partial charge in [-0.15, -0.1) is 12.4 Å². The highest BCUT2D eigenvalue weighted by molar-refractivity contribution is 5.85. The van der Waals surface area contributed by atoms with Crippen molar-refractivity contribution in [3.63, 3.8) is 0 Å². The van der Waals surface area contributed by atoms with Crippen LogP contribution in [-0.2, 0) is 11.3 Å². The van der Waals surface area contributed by atoms with Gasteiger partial charge in [0.05, 0.1) is 0 Å². The van der Waals surface area contributed by atoms with Crippen LogP contribution in [0.4, 0.5) is 4.79 Å². The van der Waals surface area contributed by atoms with Gasteiger partial charge in [0.15, 0.2) is 0 Å². The average molecular weight is 297 g/mol. The number of ether oxygens (including phenoxy) is 1. The minimum Gasteiger partial charge on any atom is -0.445 e. The van der Waals surface area contributed by atoms with E-state index in [1.165, 1.54) is 6.42 Å². The Morgan fingerprint density at radius 2 is 2.10 bits per heavy atom. The molecule has 2 aliphatic heterocycles. The molecule has 0 radical (unpaired) electrons. The number of hydrogen-bond donors (Lipinski definition) is 1. The van der Waals surface area contributed by atoms with Gasteiger partial charge < -0.3 is 15.0 Å². The lowest BCUT2D eigenvalue weighted by Gasteiger charge is -2.34. The van der Waals surface area contributed by atoms with Crippen LogP contribution < -0.4 is 5.32 Å². The molecule has 0 spiro atoms. The highest BCUT2D eigenvalue weighted by Gasteiger charge is 2.34. The lowest BCUT2D eigenvalue weighted by atomic mass is 9.94. The molecule has 0 bridgehead atoms. The molecule has 2 unspecified atom stereocenters. The van der Waals surface area contributed by atoms with E-state index >= 15 is 0 Å². The Hall–Kier alpha value is -1.26. The molecule has 1 amide bonds. The van der Waals surface area contributed by atoms with Crippen molar-refractivity contribution in [2.75, 3.05) is 19.6 Å². The van der Waals surface area contributed by atoms with E-state index in [2.05, 4.69) is 5.32 Å². The molecule has 0 aromatic heterocycles. The summed E-state index contributed by atoms with van der Waals surface area (Å²) in [6.45, 7) is 3.10. The second-order valence-electron chi connectivity index (χ2n) is 5.38. The molecular formula is C15H21ClN2O2. The molecule has 1 aromatic carbocycles. The fraction of sp³-hybridized carbons (Fsp3) is 0.533. The van der Waals surface area contributed by atoms with E-state index in [4.69, 9.17) is 4.74 Å². The number of carbonyl (C=O) groups excluding carboxylic acids is 1. The third kappa shape index (κ3) is 3.44. The third-order valence-electron chi connectivity index (χ3n) is 4.12.